The highest BCUT2D eigenvalue weighted by Crippen LogP contribution is 2.16. The molecule has 0 radical (unpaired) electrons. The Balaban J connectivity index is 3.00. The SMILES string of the molecule is OC(CCl)c1cc(F)cc(F)c1. The number of benzene rings is 1. The lowest BCUT2D eigenvalue weighted by molar-refractivity contribution is 0.201. The van der Waals surface area contributed by atoms with Gasteiger partial charge in [0, 0.05) is 6.07 Å². The summed E-state index contributed by atoms with van der Waals surface area (Å²) in [5, 5.41) is 9.11. The van der Waals surface area contributed by atoms with Crippen molar-refractivity contribution in [3.8, 4) is 0 Å². The lowest BCUT2D eigenvalue weighted by Crippen LogP contribution is -1.99. The molecule has 1 nitrogen and oxygen atoms in total. The Kier molecular flexibility index (Phi) is 3.00. The van der Waals surface area contributed by atoms with Crippen molar-refractivity contribution in [3.63, 3.8) is 0 Å². The van der Waals surface area contributed by atoms with E-state index in [0.717, 1.165) is 18.2 Å². The predicted molar refractivity (Wildman–Crippen MR) is 42.0 cm³/mol. The smallest absolute Gasteiger partial charge is 0.126 e. The minimum absolute atomic E-state index is 0.0805. The van der Waals surface area contributed by atoms with Gasteiger partial charge >= 0.3 is 0 Å². The van der Waals surface area contributed by atoms with E-state index in [1.807, 2.05) is 0 Å². The highest BCUT2D eigenvalue weighted by molar-refractivity contribution is 6.18. The van der Waals surface area contributed by atoms with E-state index in [1.165, 1.54) is 0 Å². The molecule has 0 bridgehead atoms. The van der Waals surface area contributed by atoms with Gasteiger partial charge in [0.1, 0.15) is 11.6 Å². The molecule has 1 rings (SSSR count). The second-order valence-electron chi connectivity index (χ2n) is 2.37. The van der Waals surface area contributed by atoms with Gasteiger partial charge in [-0.05, 0) is 17.7 Å². The molecule has 0 heterocycles. The third-order valence-electron chi connectivity index (χ3n) is 1.42. The Bertz CT molecular complexity index is 258. The van der Waals surface area contributed by atoms with Gasteiger partial charge < -0.3 is 5.11 Å². The van der Waals surface area contributed by atoms with Gasteiger partial charge in [-0.25, -0.2) is 8.78 Å². The first-order valence-corrected chi connectivity index (χ1v) is 3.87. The Morgan fingerprint density at radius 1 is 1.25 bits per heavy atom. The van der Waals surface area contributed by atoms with Crippen molar-refractivity contribution < 1.29 is 13.9 Å². The van der Waals surface area contributed by atoms with Crippen LogP contribution < -0.4 is 0 Å². The van der Waals surface area contributed by atoms with Crippen LogP contribution in [0.3, 0.4) is 0 Å². The lowest BCUT2D eigenvalue weighted by Gasteiger charge is -2.06. The van der Waals surface area contributed by atoms with Crippen LogP contribution in [0.5, 0.6) is 0 Å². The maximum atomic E-state index is 12.5. The first-order chi connectivity index (χ1) is 5.63. The van der Waals surface area contributed by atoms with E-state index < -0.39 is 17.7 Å². The molecule has 0 aliphatic heterocycles. The second-order valence-corrected chi connectivity index (χ2v) is 2.68. The highest BCUT2D eigenvalue weighted by Gasteiger charge is 2.08. The van der Waals surface area contributed by atoms with Crippen molar-refractivity contribution in [2.45, 2.75) is 6.10 Å². The van der Waals surface area contributed by atoms with Crippen molar-refractivity contribution in [3.05, 3.63) is 35.4 Å². The summed E-state index contributed by atoms with van der Waals surface area (Å²) in [4.78, 5) is 0. The fourth-order valence-corrected chi connectivity index (χ4v) is 1.03. The number of hydrogen-bond donors (Lipinski definition) is 1. The van der Waals surface area contributed by atoms with E-state index in [2.05, 4.69) is 0 Å². The molecule has 0 amide bonds. The van der Waals surface area contributed by atoms with Crippen LogP contribution in [0.15, 0.2) is 18.2 Å². The number of aliphatic hydroxyl groups is 1. The Morgan fingerprint density at radius 2 is 1.75 bits per heavy atom. The number of hydrogen-bond acceptors (Lipinski definition) is 1. The Labute approximate surface area is 73.6 Å². The fourth-order valence-electron chi connectivity index (χ4n) is 0.857. The van der Waals surface area contributed by atoms with Gasteiger partial charge in [0.05, 0.1) is 12.0 Å². The van der Waals surface area contributed by atoms with Crippen LogP contribution in [-0.2, 0) is 0 Å². The molecule has 1 aromatic carbocycles. The van der Waals surface area contributed by atoms with E-state index in [-0.39, 0.29) is 11.4 Å². The van der Waals surface area contributed by atoms with Crippen LogP contribution in [0.1, 0.15) is 11.7 Å². The standard InChI is InChI=1S/C8H7ClF2O/c9-4-8(12)5-1-6(10)3-7(11)2-5/h1-3,8,12H,4H2. The first-order valence-electron chi connectivity index (χ1n) is 3.33. The Morgan fingerprint density at radius 3 is 2.17 bits per heavy atom. The van der Waals surface area contributed by atoms with E-state index in [9.17, 15) is 8.78 Å². The van der Waals surface area contributed by atoms with Gasteiger partial charge in [0.2, 0.25) is 0 Å². The molecule has 12 heavy (non-hydrogen) atoms. The van der Waals surface area contributed by atoms with Crippen molar-refractivity contribution in [1.82, 2.24) is 0 Å². The zero-order valence-corrected chi connectivity index (χ0v) is 6.85. The average Bonchev–Trinajstić information content (AvgIpc) is 2.01. The Hall–Kier alpha value is -0.670. The molecule has 66 valence electrons. The van der Waals surface area contributed by atoms with Crippen LogP contribution in [0, 0.1) is 11.6 Å². The molecule has 0 fully saturated rings. The molecule has 0 aromatic heterocycles. The van der Waals surface area contributed by atoms with Crippen molar-refractivity contribution >= 4 is 11.6 Å². The van der Waals surface area contributed by atoms with Crippen LogP contribution in [0.25, 0.3) is 0 Å². The molecule has 0 aliphatic rings. The summed E-state index contributed by atoms with van der Waals surface area (Å²) < 4.78 is 25.1. The molecular weight excluding hydrogens is 186 g/mol. The topological polar surface area (TPSA) is 20.2 Å². The first kappa shape index (κ1) is 9.42. The second kappa shape index (κ2) is 3.83. The summed E-state index contributed by atoms with van der Waals surface area (Å²) in [6.07, 6.45) is -1.02. The fraction of sp³-hybridized carbons (Fsp3) is 0.250. The molecule has 1 unspecified atom stereocenters. The number of rotatable bonds is 2. The molecule has 1 N–H and O–H groups in total. The average molecular weight is 193 g/mol. The molecule has 0 spiro atoms. The summed E-state index contributed by atoms with van der Waals surface area (Å²) >= 11 is 5.30. The normalized spacial score (nSPS) is 13.0. The maximum Gasteiger partial charge on any atom is 0.126 e. The van der Waals surface area contributed by atoms with Crippen molar-refractivity contribution in [2.75, 3.05) is 5.88 Å². The van der Waals surface area contributed by atoms with Gasteiger partial charge in [0.15, 0.2) is 0 Å². The van der Waals surface area contributed by atoms with E-state index in [0.29, 0.717) is 0 Å². The summed E-state index contributed by atoms with van der Waals surface area (Å²) in [6, 6.07) is 2.84. The molecule has 0 saturated carbocycles. The van der Waals surface area contributed by atoms with Gasteiger partial charge in [-0.2, -0.15) is 0 Å². The monoisotopic (exact) mass is 192 g/mol. The van der Waals surface area contributed by atoms with Crippen LogP contribution >= 0.6 is 11.6 Å². The summed E-state index contributed by atoms with van der Waals surface area (Å²) in [5.41, 5.74) is 0.155. The van der Waals surface area contributed by atoms with Gasteiger partial charge in [-0.15, -0.1) is 11.6 Å². The number of aliphatic hydroxyl groups excluding tert-OH is 1. The third-order valence-corrected chi connectivity index (χ3v) is 1.71. The summed E-state index contributed by atoms with van der Waals surface area (Å²) in [6.45, 7) is 0. The van der Waals surface area contributed by atoms with Crippen LogP contribution in [0.4, 0.5) is 8.78 Å². The van der Waals surface area contributed by atoms with E-state index >= 15 is 0 Å². The highest BCUT2D eigenvalue weighted by atomic mass is 35.5. The van der Waals surface area contributed by atoms with Gasteiger partial charge in [-0.3, -0.25) is 0 Å². The minimum atomic E-state index is -1.02. The zero-order chi connectivity index (χ0) is 9.14. The molecule has 0 aliphatic carbocycles. The molecular formula is C8H7ClF2O. The van der Waals surface area contributed by atoms with Crippen LogP contribution in [0.2, 0.25) is 0 Å². The molecule has 4 heteroatoms. The predicted octanol–water partition coefficient (Wildman–Crippen LogP) is 2.24. The maximum absolute atomic E-state index is 12.5. The molecule has 1 aromatic rings. The molecule has 1 atom stereocenters. The van der Waals surface area contributed by atoms with Crippen molar-refractivity contribution in [1.29, 1.82) is 0 Å². The largest absolute Gasteiger partial charge is 0.387 e. The zero-order valence-electron chi connectivity index (χ0n) is 6.10. The molecule has 0 saturated heterocycles. The van der Waals surface area contributed by atoms with E-state index in [1.54, 1.807) is 0 Å². The van der Waals surface area contributed by atoms with Gasteiger partial charge in [0.25, 0.3) is 0 Å². The minimum Gasteiger partial charge on any atom is -0.387 e. The van der Waals surface area contributed by atoms with Crippen molar-refractivity contribution in [2.24, 2.45) is 0 Å². The summed E-state index contributed by atoms with van der Waals surface area (Å²) in [7, 11) is 0. The quantitative estimate of drug-likeness (QED) is 0.713. The third kappa shape index (κ3) is 2.16. The summed E-state index contributed by atoms with van der Waals surface area (Å²) in [5.74, 6) is -1.51. The van der Waals surface area contributed by atoms with Crippen LogP contribution in [-0.4, -0.2) is 11.0 Å². The lowest BCUT2D eigenvalue weighted by atomic mass is 10.1. The van der Waals surface area contributed by atoms with Gasteiger partial charge in [-0.1, -0.05) is 0 Å². The number of halogens is 3. The number of alkyl halides is 1. The van der Waals surface area contributed by atoms with E-state index in [4.69, 9.17) is 16.7 Å².